The van der Waals surface area contributed by atoms with E-state index in [1.807, 2.05) is 31.2 Å². The van der Waals surface area contributed by atoms with Crippen molar-refractivity contribution in [1.82, 2.24) is 0 Å². The summed E-state index contributed by atoms with van der Waals surface area (Å²) in [6.45, 7) is 2.22. The van der Waals surface area contributed by atoms with Crippen LogP contribution in [-0.2, 0) is 11.2 Å². The maximum Gasteiger partial charge on any atom is 0.338 e. The summed E-state index contributed by atoms with van der Waals surface area (Å²) in [5.41, 5.74) is 8.66. The molecule has 0 saturated heterocycles. The fraction of sp³-hybridized carbons (Fsp3) is 0.400. The molecule has 0 bridgehead atoms. The van der Waals surface area contributed by atoms with Crippen molar-refractivity contribution < 1.29 is 9.53 Å². The molecule has 0 aliphatic heterocycles. The third kappa shape index (κ3) is 3.51. The van der Waals surface area contributed by atoms with Gasteiger partial charge in [0.1, 0.15) is 0 Å². The van der Waals surface area contributed by atoms with Crippen LogP contribution < -0.4 is 5.73 Å². The standard InChI is InChI=1S/C15H19NO2.ClH/c1-2-18-15(17)13-7-6-11-4-3-5-12(8-9-16)14(11)10-13;/h6-10,12H,2-5,16H2,1H3;1H. The Balaban J connectivity index is 0.00000180. The normalized spacial score (nSPS) is 17.6. The van der Waals surface area contributed by atoms with E-state index < -0.39 is 0 Å². The lowest BCUT2D eigenvalue weighted by Crippen LogP contribution is -2.11. The maximum atomic E-state index is 11.7. The molecule has 1 aromatic carbocycles. The highest BCUT2D eigenvalue weighted by Gasteiger charge is 2.19. The first-order valence-electron chi connectivity index (χ1n) is 6.44. The molecule has 2 rings (SSSR count). The summed E-state index contributed by atoms with van der Waals surface area (Å²) >= 11 is 0. The molecule has 1 aromatic rings. The first-order valence-corrected chi connectivity index (χ1v) is 6.44. The van der Waals surface area contributed by atoms with Crippen molar-refractivity contribution in [3.8, 4) is 0 Å². The second-order valence-electron chi connectivity index (χ2n) is 4.52. The Labute approximate surface area is 120 Å². The fourth-order valence-corrected chi connectivity index (χ4v) is 2.51. The van der Waals surface area contributed by atoms with E-state index in [0.717, 1.165) is 12.8 Å². The number of carbonyl (C=O) groups excluding carboxylic acids is 1. The molecule has 0 fully saturated rings. The Morgan fingerprint density at radius 3 is 3.00 bits per heavy atom. The maximum absolute atomic E-state index is 11.7. The van der Waals surface area contributed by atoms with Crippen molar-refractivity contribution in [1.29, 1.82) is 0 Å². The lowest BCUT2D eigenvalue weighted by Gasteiger charge is -2.23. The van der Waals surface area contributed by atoms with Gasteiger partial charge in [-0.25, -0.2) is 4.79 Å². The number of hydrogen-bond acceptors (Lipinski definition) is 3. The van der Waals surface area contributed by atoms with Gasteiger partial charge < -0.3 is 10.5 Å². The molecule has 4 heteroatoms. The molecule has 0 saturated carbocycles. The zero-order chi connectivity index (χ0) is 13.0. The largest absolute Gasteiger partial charge is 0.462 e. The van der Waals surface area contributed by atoms with Crippen LogP contribution in [0, 0.1) is 0 Å². The van der Waals surface area contributed by atoms with Gasteiger partial charge in [0.2, 0.25) is 0 Å². The quantitative estimate of drug-likeness (QED) is 0.866. The molecule has 2 N–H and O–H groups in total. The lowest BCUT2D eigenvalue weighted by atomic mass is 9.82. The van der Waals surface area contributed by atoms with Crippen LogP contribution in [0.2, 0.25) is 0 Å². The zero-order valence-corrected chi connectivity index (χ0v) is 11.9. The van der Waals surface area contributed by atoms with Crippen LogP contribution in [0.25, 0.3) is 0 Å². The number of allylic oxidation sites excluding steroid dienone is 1. The number of carbonyl (C=O) groups is 1. The SMILES string of the molecule is CCOC(=O)c1ccc2c(c1)C(C=CN)CCC2.Cl. The van der Waals surface area contributed by atoms with Gasteiger partial charge in [-0.15, -0.1) is 12.4 Å². The van der Waals surface area contributed by atoms with Crippen molar-refractivity contribution >= 4 is 18.4 Å². The Hall–Kier alpha value is -1.48. The molecule has 1 atom stereocenters. The Kier molecular flexibility index (Phi) is 5.90. The van der Waals surface area contributed by atoms with Gasteiger partial charge in [0.05, 0.1) is 12.2 Å². The minimum absolute atomic E-state index is 0. The van der Waals surface area contributed by atoms with E-state index in [4.69, 9.17) is 10.5 Å². The van der Waals surface area contributed by atoms with Crippen LogP contribution in [0.5, 0.6) is 0 Å². The Morgan fingerprint density at radius 1 is 1.53 bits per heavy atom. The molecule has 1 aliphatic rings. The number of halogens is 1. The van der Waals surface area contributed by atoms with Crippen LogP contribution in [0.3, 0.4) is 0 Å². The van der Waals surface area contributed by atoms with Crippen molar-refractivity contribution in [2.75, 3.05) is 6.61 Å². The highest BCUT2D eigenvalue weighted by atomic mass is 35.5. The molecule has 1 unspecified atom stereocenters. The monoisotopic (exact) mass is 281 g/mol. The van der Waals surface area contributed by atoms with Gasteiger partial charge in [-0.05, 0) is 55.6 Å². The van der Waals surface area contributed by atoms with Crippen molar-refractivity contribution in [3.63, 3.8) is 0 Å². The summed E-state index contributed by atoms with van der Waals surface area (Å²) in [6.07, 6.45) is 6.94. The first kappa shape index (κ1) is 15.6. The number of benzene rings is 1. The van der Waals surface area contributed by atoms with E-state index in [-0.39, 0.29) is 18.4 Å². The topological polar surface area (TPSA) is 52.3 Å². The molecule has 0 radical (unpaired) electrons. The van der Waals surface area contributed by atoms with Gasteiger partial charge in [-0.1, -0.05) is 12.1 Å². The van der Waals surface area contributed by atoms with Crippen LogP contribution >= 0.6 is 12.4 Å². The molecule has 0 heterocycles. The van der Waals surface area contributed by atoms with E-state index in [1.54, 1.807) is 6.20 Å². The fourth-order valence-electron chi connectivity index (χ4n) is 2.51. The molecule has 1 aliphatic carbocycles. The van der Waals surface area contributed by atoms with Crippen molar-refractivity contribution in [3.05, 3.63) is 47.2 Å². The van der Waals surface area contributed by atoms with Crippen LogP contribution in [0.1, 0.15) is 47.2 Å². The highest BCUT2D eigenvalue weighted by molar-refractivity contribution is 5.89. The van der Waals surface area contributed by atoms with Gasteiger partial charge in [0.15, 0.2) is 0 Å². The summed E-state index contributed by atoms with van der Waals surface area (Å²) in [4.78, 5) is 11.7. The first-order chi connectivity index (χ1) is 8.76. The van der Waals surface area contributed by atoms with Crippen molar-refractivity contribution in [2.24, 2.45) is 5.73 Å². The predicted molar refractivity (Wildman–Crippen MR) is 78.7 cm³/mol. The number of fused-ring (bicyclic) bond motifs is 1. The lowest BCUT2D eigenvalue weighted by molar-refractivity contribution is 0.0526. The summed E-state index contributed by atoms with van der Waals surface area (Å²) in [5, 5.41) is 0. The third-order valence-corrected chi connectivity index (χ3v) is 3.36. The Morgan fingerprint density at radius 2 is 2.32 bits per heavy atom. The summed E-state index contributed by atoms with van der Waals surface area (Å²) in [5.74, 6) is 0.0782. The van der Waals surface area contributed by atoms with Gasteiger partial charge in [0.25, 0.3) is 0 Å². The second kappa shape index (κ2) is 7.19. The van der Waals surface area contributed by atoms with Gasteiger partial charge in [0, 0.05) is 5.92 Å². The Bertz CT molecular complexity index is 471. The number of nitrogens with two attached hydrogens (primary N) is 1. The molecular weight excluding hydrogens is 262 g/mol. The average molecular weight is 282 g/mol. The van der Waals surface area contributed by atoms with Crippen LogP contribution in [-0.4, -0.2) is 12.6 Å². The smallest absolute Gasteiger partial charge is 0.338 e. The minimum atomic E-state index is -0.249. The van der Waals surface area contributed by atoms with Crippen LogP contribution in [0.4, 0.5) is 0 Å². The van der Waals surface area contributed by atoms with E-state index in [2.05, 4.69) is 0 Å². The molecular formula is C15H20ClNO2. The van der Waals surface area contributed by atoms with Gasteiger partial charge in [-0.3, -0.25) is 0 Å². The average Bonchev–Trinajstić information content (AvgIpc) is 2.39. The second-order valence-corrected chi connectivity index (χ2v) is 4.52. The summed E-state index contributed by atoms with van der Waals surface area (Å²) in [6, 6.07) is 5.85. The summed E-state index contributed by atoms with van der Waals surface area (Å²) < 4.78 is 5.03. The number of aryl methyl sites for hydroxylation is 1. The molecule has 0 amide bonds. The molecule has 19 heavy (non-hydrogen) atoms. The zero-order valence-electron chi connectivity index (χ0n) is 11.1. The highest BCUT2D eigenvalue weighted by Crippen LogP contribution is 2.33. The van der Waals surface area contributed by atoms with Gasteiger partial charge >= 0.3 is 5.97 Å². The molecule has 3 nitrogen and oxygen atoms in total. The third-order valence-electron chi connectivity index (χ3n) is 3.36. The number of hydrogen-bond donors (Lipinski definition) is 1. The van der Waals surface area contributed by atoms with E-state index in [1.165, 1.54) is 17.5 Å². The molecule has 104 valence electrons. The van der Waals surface area contributed by atoms with E-state index >= 15 is 0 Å². The molecule has 0 spiro atoms. The van der Waals surface area contributed by atoms with Gasteiger partial charge in [-0.2, -0.15) is 0 Å². The van der Waals surface area contributed by atoms with Crippen LogP contribution in [0.15, 0.2) is 30.5 Å². The number of esters is 1. The van der Waals surface area contributed by atoms with E-state index in [0.29, 0.717) is 18.1 Å². The number of ether oxygens (including phenoxy) is 1. The minimum Gasteiger partial charge on any atom is -0.462 e. The summed E-state index contributed by atoms with van der Waals surface area (Å²) in [7, 11) is 0. The van der Waals surface area contributed by atoms with E-state index in [9.17, 15) is 4.79 Å². The predicted octanol–water partition coefficient (Wildman–Crippen LogP) is 3.18. The molecule has 0 aromatic heterocycles. The number of rotatable bonds is 3. The van der Waals surface area contributed by atoms with Crippen molar-refractivity contribution in [2.45, 2.75) is 32.1 Å².